The van der Waals surface area contributed by atoms with Gasteiger partial charge in [-0.25, -0.2) is 0 Å². The molecule has 114 valence electrons. The van der Waals surface area contributed by atoms with Gasteiger partial charge in [0.15, 0.2) is 0 Å². The van der Waals surface area contributed by atoms with Crippen molar-refractivity contribution >= 4 is 0 Å². The summed E-state index contributed by atoms with van der Waals surface area (Å²) in [7, 11) is 2.02. The van der Waals surface area contributed by atoms with E-state index >= 15 is 0 Å². The Hall–Kier alpha value is -1.61. The minimum absolute atomic E-state index is 0.457. The highest BCUT2D eigenvalue weighted by molar-refractivity contribution is 5.27. The zero-order valence-corrected chi connectivity index (χ0v) is 13.9. The summed E-state index contributed by atoms with van der Waals surface area (Å²) in [5.74, 6) is 0. The minimum Gasteiger partial charge on any atom is -0.314 e. The molecule has 0 bridgehead atoms. The monoisotopic (exact) mass is 285 g/mol. The number of hydrogen-bond donors (Lipinski definition) is 1. The van der Waals surface area contributed by atoms with Crippen LogP contribution in [0.3, 0.4) is 0 Å². The van der Waals surface area contributed by atoms with Gasteiger partial charge >= 0.3 is 0 Å². The number of nitrogens with one attached hydrogen (secondary N) is 1. The number of nitrogens with zero attached hydrogens (tertiary/aromatic N) is 2. The van der Waals surface area contributed by atoms with Crippen LogP contribution >= 0.6 is 0 Å². The van der Waals surface area contributed by atoms with Gasteiger partial charge in [0.25, 0.3) is 0 Å². The number of aryl methyl sites for hydroxylation is 3. The summed E-state index contributed by atoms with van der Waals surface area (Å²) in [5, 5.41) is 8.16. The standard InChI is InChI=1S/C18H27N3/c1-6-19-17(11-16-9-7-8-13(2)10-16)12-18-14(3)20-21(5)15(18)4/h7-10,17,19H,6,11-12H2,1-5H3. The third kappa shape index (κ3) is 3.94. The molecule has 0 spiro atoms. The van der Waals surface area contributed by atoms with E-state index in [1.54, 1.807) is 0 Å². The first-order valence-electron chi connectivity index (χ1n) is 7.79. The predicted molar refractivity (Wildman–Crippen MR) is 88.7 cm³/mol. The minimum atomic E-state index is 0.457. The Kier molecular flexibility index (Phi) is 5.18. The highest BCUT2D eigenvalue weighted by atomic mass is 15.3. The third-order valence-corrected chi connectivity index (χ3v) is 4.17. The van der Waals surface area contributed by atoms with Gasteiger partial charge in [0, 0.05) is 18.8 Å². The van der Waals surface area contributed by atoms with Gasteiger partial charge < -0.3 is 5.32 Å². The van der Waals surface area contributed by atoms with E-state index in [1.807, 2.05) is 11.7 Å². The summed E-state index contributed by atoms with van der Waals surface area (Å²) >= 11 is 0. The van der Waals surface area contributed by atoms with Crippen LogP contribution in [-0.4, -0.2) is 22.4 Å². The Bertz CT molecular complexity index is 599. The van der Waals surface area contributed by atoms with Crippen LogP contribution in [0.25, 0.3) is 0 Å². The van der Waals surface area contributed by atoms with Gasteiger partial charge in [0.2, 0.25) is 0 Å². The smallest absolute Gasteiger partial charge is 0.0628 e. The number of rotatable bonds is 6. The fraction of sp³-hybridized carbons (Fsp3) is 0.500. The fourth-order valence-electron chi connectivity index (χ4n) is 2.99. The van der Waals surface area contributed by atoms with Gasteiger partial charge in [-0.05, 0) is 51.3 Å². The van der Waals surface area contributed by atoms with Crippen molar-refractivity contribution in [1.82, 2.24) is 15.1 Å². The second kappa shape index (κ2) is 6.90. The second-order valence-electron chi connectivity index (χ2n) is 5.92. The summed E-state index contributed by atoms with van der Waals surface area (Å²) < 4.78 is 1.99. The largest absolute Gasteiger partial charge is 0.314 e. The third-order valence-electron chi connectivity index (χ3n) is 4.17. The van der Waals surface area contributed by atoms with Crippen LogP contribution < -0.4 is 5.32 Å². The van der Waals surface area contributed by atoms with Gasteiger partial charge in [0.1, 0.15) is 0 Å². The van der Waals surface area contributed by atoms with E-state index < -0.39 is 0 Å². The van der Waals surface area contributed by atoms with E-state index in [-0.39, 0.29) is 0 Å². The maximum atomic E-state index is 4.53. The average Bonchev–Trinajstić information content (AvgIpc) is 2.66. The lowest BCUT2D eigenvalue weighted by Crippen LogP contribution is -2.33. The normalized spacial score (nSPS) is 12.6. The zero-order chi connectivity index (χ0) is 15.4. The highest BCUT2D eigenvalue weighted by Gasteiger charge is 2.16. The van der Waals surface area contributed by atoms with E-state index in [0.29, 0.717) is 6.04 Å². The van der Waals surface area contributed by atoms with Gasteiger partial charge in [-0.3, -0.25) is 4.68 Å². The van der Waals surface area contributed by atoms with E-state index in [0.717, 1.165) is 25.1 Å². The van der Waals surface area contributed by atoms with Crippen molar-refractivity contribution in [3.63, 3.8) is 0 Å². The molecule has 3 heteroatoms. The molecule has 1 aromatic heterocycles. The van der Waals surface area contributed by atoms with E-state index in [9.17, 15) is 0 Å². The van der Waals surface area contributed by atoms with Crippen LogP contribution in [0.15, 0.2) is 24.3 Å². The molecule has 0 aliphatic carbocycles. The van der Waals surface area contributed by atoms with Gasteiger partial charge in [-0.2, -0.15) is 5.10 Å². The van der Waals surface area contributed by atoms with Crippen LogP contribution in [0.4, 0.5) is 0 Å². The molecule has 0 radical (unpaired) electrons. The maximum absolute atomic E-state index is 4.53. The molecule has 0 aliphatic rings. The first-order valence-corrected chi connectivity index (χ1v) is 7.79. The van der Waals surface area contributed by atoms with E-state index in [2.05, 4.69) is 62.4 Å². The molecule has 0 aliphatic heterocycles. The summed E-state index contributed by atoms with van der Waals surface area (Å²) in [6, 6.07) is 9.27. The number of likely N-dealkylation sites (N-methyl/N-ethyl adjacent to an activating group) is 1. The SMILES string of the molecule is CCNC(Cc1cccc(C)c1)Cc1c(C)nn(C)c1C. The van der Waals surface area contributed by atoms with Gasteiger partial charge in [-0.1, -0.05) is 36.8 Å². The molecule has 2 aromatic rings. The molecule has 0 amide bonds. The van der Waals surface area contributed by atoms with E-state index in [1.165, 1.54) is 22.4 Å². The Morgan fingerprint density at radius 2 is 1.95 bits per heavy atom. The van der Waals surface area contributed by atoms with Crippen LogP contribution in [0.2, 0.25) is 0 Å². The van der Waals surface area contributed by atoms with Gasteiger partial charge in [0.05, 0.1) is 5.69 Å². The van der Waals surface area contributed by atoms with Crippen molar-refractivity contribution in [2.75, 3.05) is 6.54 Å². The molecule has 0 saturated carbocycles. The molecule has 1 N–H and O–H groups in total. The van der Waals surface area contributed by atoms with Crippen molar-refractivity contribution in [3.05, 3.63) is 52.3 Å². The summed E-state index contributed by atoms with van der Waals surface area (Å²) in [6.07, 6.45) is 2.09. The molecular weight excluding hydrogens is 258 g/mol. The molecule has 2 rings (SSSR count). The Morgan fingerprint density at radius 1 is 1.19 bits per heavy atom. The second-order valence-corrected chi connectivity index (χ2v) is 5.92. The van der Waals surface area contributed by atoms with Crippen LogP contribution in [0.1, 0.15) is 35.0 Å². The Balaban J connectivity index is 2.15. The van der Waals surface area contributed by atoms with Crippen LogP contribution in [0, 0.1) is 20.8 Å². The molecule has 1 unspecified atom stereocenters. The number of aromatic nitrogens is 2. The van der Waals surface area contributed by atoms with Crippen LogP contribution in [0.5, 0.6) is 0 Å². The highest BCUT2D eigenvalue weighted by Crippen LogP contribution is 2.16. The molecule has 1 aromatic carbocycles. The molecule has 0 saturated heterocycles. The quantitative estimate of drug-likeness (QED) is 0.884. The first kappa shape index (κ1) is 15.8. The lowest BCUT2D eigenvalue weighted by molar-refractivity contribution is 0.519. The van der Waals surface area contributed by atoms with Gasteiger partial charge in [-0.15, -0.1) is 0 Å². The number of hydrogen-bond acceptors (Lipinski definition) is 2. The molecule has 1 heterocycles. The molecular formula is C18H27N3. The molecule has 0 fully saturated rings. The lowest BCUT2D eigenvalue weighted by atomic mass is 9.97. The summed E-state index contributed by atoms with van der Waals surface area (Å²) in [4.78, 5) is 0. The lowest BCUT2D eigenvalue weighted by Gasteiger charge is -2.18. The molecule has 1 atom stereocenters. The maximum Gasteiger partial charge on any atom is 0.0628 e. The first-order chi connectivity index (χ1) is 10.0. The Labute approximate surface area is 128 Å². The number of benzene rings is 1. The Morgan fingerprint density at radius 3 is 2.52 bits per heavy atom. The van der Waals surface area contributed by atoms with Crippen molar-refractivity contribution in [1.29, 1.82) is 0 Å². The summed E-state index contributed by atoms with van der Waals surface area (Å²) in [5.41, 5.74) is 6.55. The fourth-order valence-corrected chi connectivity index (χ4v) is 2.99. The summed E-state index contributed by atoms with van der Waals surface area (Å²) in [6.45, 7) is 9.59. The molecule has 3 nitrogen and oxygen atoms in total. The zero-order valence-electron chi connectivity index (χ0n) is 13.9. The van der Waals surface area contributed by atoms with Crippen molar-refractivity contribution in [2.45, 2.75) is 46.6 Å². The topological polar surface area (TPSA) is 29.9 Å². The van der Waals surface area contributed by atoms with Crippen molar-refractivity contribution in [2.24, 2.45) is 7.05 Å². The van der Waals surface area contributed by atoms with Crippen molar-refractivity contribution < 1.29 is 0 Å². The molecule has 21 heavy (non-hydrogen) atoms. The predicted octanol–water partition coefficient (Wildman–Crippen LogP) is 3.11. The van der Waals surface area contributed by atoms with Crippen molar-refractivity contribution in [3.8, 4) is 0 Å². The average molecular weight is 285 g/mol. The van der Waals surface area contributed by atoms with E-state index in [4.69, 9.17) is 0 Å². The van der Waals surface area contributed by atoms with Crippen LogP contribution in [-0.2, 0) is 19.9 Å².